The van der Waals surface area contributed by atoms with Crippen LogP contribution in [-0.2, 0) is 6.42 Å². The first kappa shape index (κ1) is 11.9. The molecule has 18 heavy (non-hydrogen) atoms. The van der Waals surface area contributed by atoms with Crippen LogP contribution in [0.1, 0.15) is 15.9 Å². The van der Waals surface area contributed by atoms with Gasteiger partial charge in [0.1, 0.15) is 5.75 Å². The van der Waals surface area contributed by atoms with E-state index in [9.17, 15) is 4.79 Å². The predicted octanol–water partition coefficient (Wildman–Crippen LogP) is 3.94. The van der Waals surface area contributed by atoms with Crippen molar-refractivity contribution in [2.24, 2.45) is 5.92 Å². The van der Waals surface area contributed by atoms with Gasteiger partial charge in [0, 0.05) is 20.8 Å². The van der Waals surface area contributed by atoms with Gasteiger partial charge in [-0.25, -0.2) is 0 Å². The molecule has 1 unspecified atom stereocenters. The molecule has 0 spiro atoms. The van der Waals surface area contributed by atoms with E-state index in [2.05, 4.69) is 15.9 Å². The monoisotopic (exact) mass is 322 g/mol. The van der Waals surface area contributed by atoms with Gasteiger partial charge in [-0.15, -0.1) is 0 Å². The lowest BCUT2D eigenvalue weighted by Gasteiger charge is -2.24. The van der Waals surface area contributed by atoms with Crippen molar-refractivity contribution in [1.29, 1.82) is 0 Å². The summed E-state index contributed by atoms with van der Waals surface area (Å²) in [5.74, 6) is 0.995. The molecule has 0 N–H and O–H groups in total. The van der Waals surface area contributed by atoms with Crippen LogP contribution in [0.4, 0.5) is 0 Å². The first-order valence-corrected chi connectivity index (χ1v) is 7.46. The molecule has 1 atom stereocenters. The third kappa shape index (κ3) is 2.10. The van der Waals surface area contributed by atoms with Crippen molar-refractivity contribution in [2.75, 3.05) is 6.61 Å². The number of rotatable bonds is 2. The molecule has 0 aliphatic carbocycles. The molecule has 2 heterocycles. The molecule has 0 radical (unpaired) electrons. The van der Waals surface area contributed by atoms with E-state index in [4.69, 9.17) is 4.74 Å². The molecule has 0 saturated heterocycles. The molecule has 0 bridgehead atoms. The van der Waals surface area contributed by atoms with Gasteiger partial charge in [0.2, 0.25) is 0 Å². The Bertz CT molecular complexity index is 591. The third-order valence-electron chi connectivity index (χ3n) is 3.13. The summed E-state index contributed by atoms with van der Waals surface area (Å²) in [4.78, 5) is 12.4. The number of hydrogen-bond acceptors (Lipinski definition) is 3. The predicted molar refractivity (Wildman–Crippen MR) is 75.5 cm³/mol. The number of para-hydroxylation sites is 1. The fraction of sp³-hybridized carbons (Fsp3) is 0.214. The Labute approximate surface area is 118 Å². The Balaban J connectivity index is 1.84. The van der Waals surface area contributed by atoms with Crippen LogP contribution in [-0.4, -0.2) is 12.4 Å². The average molecular weight is 323 g/mol. The zero-order valence-electron chi connectivity index (χ0n) is 9.56. The SMILES string of the molecule is O=C(c1cscc1Br)C1COc2ccccc2C1. The number of ketones is 1. The Kier molecular flexibility index (Phi) is 3.22. The second kappa shape index (κ2) is 4.86. The van der Waals surface area contributed by atoms with Gasteiger partial charge in [-0.2, -0.15) is 11.3 Å². The number of carbonyl (C=O) groups excluding carboxylic acids is 1. The summed E-state index contributed by atoms with van der Waals surface area (Å²) in [6.45, 7) is 0.470. The largest absolute Gasteiger partial charge is 0.493 e. The summed E-state index contributed by atoms with van der Waals surface area (Å²) < 4.78 is 6.55. The number of hydrogen-bond donors (Lipinski definition) is 0. The van der Waals surface area contributed by atoms with Crippen LogP contribution < -0.4 is 4.74 Å². The van der Waals surface area contributed by atoms with Gasteiger partial charge in [0.25, 0.3) is 0 Å². The molecule has 4 heteroatoms. The summed E-state index contributed by atoms with van der Waals surface area (Å²) in [7, 11) is 0. The molecular formula is C14H11BrO2S. The van der Waals surface area contributed by atoms with Crippen molar-refractivity contribution < 1.29 is 9.53 Å². The number of Topliss-reactive ketones (excluding diaryl/α,β-unsaturated/α-hetero) is 1. The summed E-state index contributed by atoms with van der Waals surface area (Å²) in [6.07, 6.45) is 0.761. The van der Waals surface area contributed by atoms with Gasteiger partial charge in [-0.1, -0.05) is 18.2 Å². The zero-order valence-corrected chi connectivity index (χ0v) is 12.0. The van der Waals surface area contributed by atoms with Crippen LogP contribution in [0.2, 0.25) is 0 Å². The summed E-state index contributed by atoms with van der Waals surface area (Å²) in [6, 6.07) is 7.92. The highest BCUT2D eigenvalue weighted by Gasteiger charge is 2.27. The highest BCUT2D eigenvalue weighted by Crippen LogP contribution is 2.31. The van der Waals surface area contributed by atoms with Gasteiger partial charge in [-0.3, -0.25) is 4.79 Å². The summed E-state index contributed by atoms with van der Waals surface area (Å²) in [5, 5.41) is 3.83. The Morgan fingerprint density at radius 2 is 2.17 bits per heavy atom. The maximum Gasteiger partial charge on any atom is 0.171 e. The van der Waals surface area contributed by atoms with Crippen LogP contribution in [0.25, 0.3) is 0 Å². The molecule has 0 amide bonds. The van der Waals surface area contributed by atoms with E-state index in [0.717, 1.165) is 27.8 Å². The lowest BCUT2D eigenvalue weighted by Crippen LogP contribution is -2.28. The fourth-order valence-electron chi connectivity index (χ4n) is 2.17. The van der Waals surface area contributed by atoms with Crippen molar-refractivity contribution in [2.45, 2.75) is 6.42 Å². The van der Waals surface area contributed by atoms with Gasteiger partial charge in [0.05, 0.1) is 12.5 Å². The van der Waals surface area contributed by atoms with Crippen LogP contribution in [0.3, 0.4) is 0 Å². The molecule has 1 aromatic heterocycles. The lowest BCUT2D eigenvalue weighted by atomic mass is 9.91. The standard InChI is InChI=1S/C14H11BrO2S/c15-12-8-18-7-11(12)14(16)10-5-9-3-1-2-4-13(9)17-6-10/h1-4,7-8,10H,5-6H2. The molecule has 3 rings (SSSR count). The lowest BCUT2D eigenvalue weighted by molar-refractivity contribution is 0.0855. The number of fused-ring (bicyclic) bond motifs is 1. The molecule has 0 fully saturated rings. The number of ether oxygens (including phenoxy) is 1. The van der Waals surface area contributed by atoms with Crippen LogP contribution >= 0.6 is 27.3 Å². The molecule has 2 nitrogen and oxygen atoms in total. The minimum Gasteiger partial charge on any atom is -0.493 e. The zero-order chi connectivity index (χ0) is 12.5. The topological polar surface area (TPSA) is 26.3 Å². The van der Waals surface area contributed by atoms with E-state index in [-0.39, 0.29) is 11.7 Å². The second-order valence-corrected chi connectivity index (χ2v) is 5.92. The highest BCUT2D eigenvalue weighted by atomic mass is 79.9. The first-order chi connectivity index (χ1) is 8.75. The van der Waals surface area contributed by atoms with E-state index in [1.165, 1.54) is 11.3 Å². The van der Waals surface area contributed by atoms with Crippen molar-refractivity contribution in [3.8, 4) is 5.75 Å². The Hall–Kier alpha value is -1.13. The third-order valence-corrected chi connectivity index (χ3v) is 4.83. The molecule has 1 aliphatic heterocycles. The van der Waals surface area contributed by atoms with E-state index < -0.39 is 0 Å². The van der Waals surface area contributed by atoms with Crippen LogP contribution in [0.15, 0.2) is 39.5 Å². The maximum absolute atomic E-state index is 12.4. The van der Waals surface area contributed by atoms with E-state index in [0.29, 0.717) is 6.61 Å². The van der Waals surface area contributed by atoms with E-state index >= 15 is 0 Å². The molecule has 1 aromatic carbocycles. The number of carbonyl (C=O) groups is 1. The van der Waals surface area contributed by atoms with Gasteiger partial charge < -0.3 is 4.74 Å². The summed E-state index contributed by atoms with van der Waals surface area (Å²) >= 11 is 4.95. The second-order valence-electron chi connectivity index (χ2n) is 4.32. The molecule has 2 aromatic rings. The van der Waals surface area contributed by atoms with Crippen molar-refractivity contribution in [3.63, 3.8) is 0 Å². The molecule has 1 aliphatic rings. The van der Waals surface area contributed by atoms with Gasteiger partial charge >= 0.3 is 0 Å². The van der Waals surface area contributed by atoms with Crippen molar-refractivity contribution in [3.05, 3.63) is 50.6 Å². The number of halogens is 1. The molecule has 92 valence electrons. The van der Waals surface area contributed by atoms with Crippen LogP contribution in [0, 0.1) is 5.92 Å². The smallest absolute Gasteiger partial charge is 0.171 e. The molecular weight excluding hydrogens is 312 g/mol. The summed E-state index contributed by atoms with van der Waals surface area (Å²) in [5.41, 5.74) is 1.89. The van der Waals surface area contributed by atoms with Crippen molar-refractivity contribution in [1.82, 2.24) is 0 Å². The van der Waals surface area contributed by atoms with Gasteiger partial charge in [-0.05, 0) is 34.0 Å². The molecule has 0 saturated carbocycles. The van der Waals surface area contributed by atoms with E-state index in [1.54, 1.807) is 0 Å². The quantitative estimate of drug-likeness (QED) is 0.783. The van der Waals surface area contributed by atoms with Crippen molar-refractivity contribution >= 4 is 33.0 Å². The van der Waals surface area contributed by atoms with E-state index in [1.807, 2.05) is 35.0 Å². The van der Waals surface area contributed by atoms with Gasteiger partial charge in [0.15, 0.2) is 5.78 Å². The minimum atomic E-state index is -0.0780. The Morgan fingerprint density at radius 1 is 1.33 bits per heavy atom. The Morgan fingerprint density at radius 3 is 2.94 bits per heavy atom. The normalized spacial score (nSPS) is 17.9. The average Bonchev–Trinajstić information content (AvgIpc) is 2.83. The number of thiophene rings is 1. The highest BCUT2D eigenvalue weighted by molar-refractivity contribution is 9.10. The first-order valence-electron chi connectivity index (χ1n) is 5.72. The van der Waals surface area contributed by atoms with Crippen LogP contribution in [0.5, 0.6) is 5.75 Å². The number of benzene rings is 1. The maximum atomic E-state index is 12.4. The fourth-order valence-corrected chi connectivity index (χ4v) is 3.65. The minimum absolute atomic E-state index is 0.0780.